The van der Waals surface area contributed by atoms with Gasteiger partial charge in [-0.15, -0.1) is 11.3 Å². The molecule has 0 aliphatic rings. The highest BCUT2D eigenvalue weighted by Gasteiger charge is 2.15. The fourth-order valence-electron chi connectivity index (χ4n) is 1.71. The third-order valence-corrected chi connectivity index (χ3v) is 5.20. The van der Waals surface area contributed by atoms with Crippen molar-refractivity contribution < 1.29 is 9.90 Å². The molecule has 0 aromatic carbocycles. The molecule has 1 heterocycles. The summed E-state index contributed by atoms with van der Waals surface area (Å²) in [5, 5.41) is 8.62. The molecule has 1 N–H and O–H groups in total. The van der Waals surface area contributed by atoms with Crippen LogP contribution in [-0.4, -0.2) is 11.1 Å². The SMILES string of the molecule is CCC(CCCC(=O)O)c1cc(I)sc1Br. The van der Waals surface area contributed by atoms with E-state index in [1.54, 1.807) is 11.3 Å². The third kappa shape index (κ3) is 4.33. The second kappa shape index (κ2) is 6.96. The molecule has 0 spiro atoms. The summed E-state index contributed by atoms with van der Waals surface area (Å²) in [7, 11) is 0. The van der Waals surface area contributed by atoms with Gasteiger partial charge in [-0.25, -0.2) is 0 Å². The van der Waals surface area contributed by atoms with Gasteiger partial charge in [-0.05, 0) is 75.3 Å². The molecule has 1 aromatic heterocycles. The van der Waals surface area contributed by atoms with Crippen molar-refractivity contribution in [3.8, 4) is 0 Å². The van der Waals surface area contributed by atoms with Gasteiger partial charge < -0.3 is 5.11 Å². The molecule has 5 heteroatoms. The predicted octanol–water partition coefficient (Wildman–Crippen LogP) is 4.86. The quantitative estimate of drug-likeness (QED) is 0.672. The Morgan fingerprint density at radius 2 is 2.38 bits per heavy atom. The molecular formula is C11H14BrIO2S. The lowest BCUT2D eigenvalue weighted by Crippen LogP contribution is -2.00. The van der Waals surface area contributed by atoms with Crippen LogP contribution in [0.4, 0.5) is 0 Å². The fourth-order valence-corrected chi connectivity index (χ4v) is 5.28. The molecule has 0 bridgehead atoms. The average Bonchev–Trinajstić information content (AvgIpc) is 2.52. The van der Waals surface area contributed by atoms with E-state index in [1.165, 1.54) is 12.2 Å². The Labute approximate surface area is 122 Å². The van der Waals surface area contributed by atoms with Gasteiger partial charge in [0.25, 0.3) is 0 Å². The molecule has 2 nitrogen and oxygen atoms in total. The maximum absolute atomic E-state index is 10.5. The first-order chi connectivity index (χ1) is 7.54. The lowest BCUT2D eigenvalue weighted by molar-refractivity contribution is -0.137. The molecule has 0 saturated heterocycles. The van der Waals surface area contributed by atoms with Crippen LogP contribution in [0.5, 0.6) is 0 Å². The van der Waals surface area contributed by atoms with E-state index in [1.807, 2.05) is 0 Å². The summed E-state index contributed by atoms with van der Waals surface area (Å²) in [4.78, 5) is 10.5. The Bertz CT molecular complexity index is 365. The molecule has 90 valence electrons. The summed E-state index contributed by atoms with van der Waals surface area (Å²) in [6.45, 7) is 2.16. The highest BCUT2D eigenvalue weighted by molar-refractivity contribution is 14.1. The van der Waals surface area contributed by atoms with Crippen molar-refractivity contribution in [1.82, 2.24) is 0 Å². The van der Waals surface area contributed by atoms with Gasteiger partial charge in [-0.3, -0.25) is 4.79 Å². The van der Waals surface area contributed by atoms with Crippen molar-refractivity contribution in [2.24, 2.45) is 0 Å². The smallest absolute Gasteiger partial charge is 0.303 e. The fraction of sp³-hybridized carbons (Fsp3) is 0.545. The maximum atomic E-state index is 10.5. The monoisotopic (exact) mass is 416 g/mol. The van der Waals surface area contributed by atoms with Gasteiger partial charge in [-0.1, -0.05) is 6.92 Å². The Morgan fingerprint density at radius 3 is 2.81 bits per heavy atom. The van der Waals surface area contributed by atoms with Gasteiger partial charge in [0, 0.05) is 6.42 Å². The topological polar surface area (TPSA) is 37.3 Å². The van der Waals surface area contributed by atoms with Gasteiger partial charge >= 0.3 is 5.97 Å². The predicted molar refractivity (Wildman–Crippen MR) is 79.3 cm³/mol. The zero-order chi connectivity index (χ0) is 12.1. The van der Waals surface area contributed by atoms with Crippen molar-refractivity contribution in [3.63, 3.8) is 0 Å². The summed E-state index contributed by atoms with van der Waals surface area (Å²) >= 11 is 7.64. The highest BCUT2D eigenvalue weighted by atomic mass is 127. The number of halogens is 2. The second-order valence-corrected chi connectivity index (χ2v) is 7.93. The van der Waals surface area contributed by atoms with Crippen LogP contribution >= 0.6 is 49.9 Å². The minimum Gasteiger partial charge on any atom is -0.481 e. The van der Waals surface area contributed by atoms with Crippen LogP contribution in [0.2, 0.25) is 0 Å². The maximum Gasteiger partial charge on any atom is 0.303 e. The molecule has 1 aromatic rings. The lowest BCUT2D eigenvalue weighted by Gasteiger charge is -2.13. The van der Waals surface area contributed by atoms with Gasteiger partial charge in [0.2, 0.25) is 0 Å². The molecular weight excluding hydrogens is 403 g/mol. The van der Waals surface area contributed by atoms with E-state index in [0.717, 1.165) is 19.3 Å². The van der Waals surface area contributed by atoms with E-state index in [0.29, 0.717) is 5.92 Å². The van der Waals surface area contributed by atoms with Gasteiger partial charge in [0.05, 0.1) is 6.67 Å². The molecule has 1 rings (SSSR count). The minimum absolute atomic E-state index is 0.273. The average molecular weight is 417 g/mol. The minimum atomic E-state index is -0.700. The van der Waals surface area contributed by atoms with Crippen LogP contribution < -0.4 is 0 Å². The Hall–Kier alpha value is 0.380. The van der Waals surface area contributed by atoms with Gasteiger partial charge in [0.15, 0.2) is 0 Å². The normalized spacial score (nSPS) is 12.7. The number of rotatable bonds is 6. The van der Waals surface area contributed by atoms with Crippen LogP contribution in [0.15, 0.2) is 9.85 Å². The first-order valence-electron chi connectivity index (χ1n) is 5.21. The van der Waals surface area contributed by atoms with Crippen LogP contribution in [0.1, 0.15) is 44.1 Å². The van der Waals surface area contributed by atoms with Crippen LogP contribution in [0.3, 0.4) is 0 Å². The zero-order valence-electron chi connectivity index (χ0n) is 9.00. The summed E-state index contributed by atoms with van der Waals surface area (Å²) in [5.41, 5.74) is 1.34. The van der Waals surface area contributed by atoms with E-state index < -0.39 is 5.97 Å². The molecule has 0 aliphatic carbocycles. The van der Waals surface area contributed by atoms with Gasteiger partial charge in [-0.2, -0.15) is 0 Å². The second-order valence-electron chi connectivity index (χ2n) is 3.67. The molecule has 0 saturated carbocycles. The standard InChI is InChI=1S/C11H14BrIO2S/c1-2-7(4-3-5-10(14)15)8-6-9(13)16-11(8)12/h6-7H,2-5H2,1H3,(H,14,15). The molecule has 0 aliphatic heterocycles. The first kappa shape index (κ1) is 14.4. The van der Waals surface area contributed by atoms with Crippen molar-refractivity contribution in [2.75, 3.05) is 0 Å². The number of carboxylic acids is 1. The summed E-state index contributed by atoms with van der Waals surface area (Å²) in [6, 6.07) is 2.20. The Morgan fingerprint density at radius 1 is 1.69 bits per heavy atom. The molecule has 1 unspecified atom stereocenters. The Kier molecular flexibility index (Phi) is 6.28. The van der Waals surface area contributed by atoms with E-state index in [2.05, 4.69) is 51.5 Å². The van der Waals surface area contributed by atoms with Crippen molar-refractivity contribution in [2.45, 2.75) is 38.5 Å². The molecule has 0 fully saturated rings. The number of hydrogen-bond acceptors (Lipinski definition) is 2. The summed E-state index contributed by atoms with van der Waals surface area (Å²) < 4.78 is 2.47. The molecule has 0 amide bonds. The van der Waals surface area contributed by atoms with Crippen LogP contribution in [-0.2, 0) is 4.79 Å². The van der Waals surface area contributed by atoms with Gasteiger partial charge in [0.1, 0.15) is 0 Å². The number of hydrogen-bond donors (Lipinski definition) is 1. The Balaban J connectivity index is 2.60. The largest absolute Gasteiger partial charge is 0.481 e. The molecule has 1 atom stereocenters. The highest BCUT2D eigenvalue weighted by Crippen LogP contribution is 2.37. The van der Waals surface area contributed by atoms with Crippen molar-refractivity contribution in [1.29, 1.82) is 0 Å². The first-order valence-corrected chi connectivity index (χ1v) is 7.90. The van der Waals surface area contributed by atoms with Crippen LogP contribution in [0, 0.1) is 2.88 Å². The van der Waals surface area contributed by atoms with E-state index in [9.17, 15) is 4.79 Å². The molecule has 0 radical (unpaired) electrons. The summed E-state index contributed by atoms with van der Waals surface area (Å²) in [5.74, 6) is -0.220. The number of aliphatic carboxylic acids is 1. The van der Waals surface area contributed by atoms with Crippen LogP contribution in [0.25, 0.3) is 0 Å². The lowest BCUT2D eigenvalue weighted by atomic mass is 9.93. The van der Waals surface area contributed by atoms with Crippen molar-refractivity contribution in [3.05, 3.63) is 18.3 Å². The number of carbonyl (C=O) groups is 1. The zero-order valence-corrected chi connectivity index (χ0v) is 13.6. The molecule has 16 heavy (non-hydrogen) atoms. The van der Waals surface area contributed by atoms with E-state index >= 15 is 0 Å². The summed E-state index contributed by atoms with van der Waals surface area (Å²) in [6.07, 6.45) is 3.04. The number of carboxylic acid groups (broad SMARTS) is 1. The van der Waals surface area contributed by atoms with E-state index in [-0.39, 0.29) is 6.42 Å². The number of thiophene rings is 1. The third-order valence-electron chi connectivity index (χ3n) is 2.56. The van der Waals surface area contributed by atoms with Crippen molar-refractivity contribution >= 4 is 55.8 Å². The van der Waals surface area contributed by atoms with E-state index in [4.69, 9.17) is 5.11 Å².